The molecule has 0 bridgehead atoms. The lowest BCUT2D eigenvalue weighted by Gasteiger charge is -2.31. The minimum Gasteiger partial charge on any atom is -0.310 e. The molecule has 0 saturated heterocycles. The molecule has 57 heavy (non-hydrogen) atoms. The van der Waals surface area contributed by atoms with Crippen LogP contribution < -0.4 is 9.80 Å². The molecule has 9 aromatic carbocycles. The normalized spacial score (nSPS) is 12.5. The Morgan fingerprint density at radius 3 is 1.42 bits per heavy atom. The van der Waals surface area contributed by atoms with Crippen molar-refractivity contribution in [3.63, 3.8) is 0 Å². The van der Waals surface area contributed by atoms with Crippen LogP contribution in [0.15, 0.2) is 218 Å². The third-order valence-corrected chi connectivity index (χ3v) is 11.6. The van der Waals surface area contributed by atoms with Gasteiger partial charge in [0.1, 0.15) is 0 Å². The van der Waals surface area contributed by atoms with E-state index < -0.39 is 0 Å². The van der Waals surface area contributed by atoms with E-state index in [9.17, 15) is 0 Å². The third-order valence-electron chi connectivity index (χ3n) is 11.6. The molecule has 1 aliphatic rings. The molecule has 0 radical (unpaired) electrons. The first-order valence-electron chi connectivity index (χ1n) is 19.8. The highest BCUT2D eigenvalue weighted by atomic mass is 15.2. The number of rotatable bonds is 8. The van der Waals surface area contributed by atoms with Crippen molar-refractivity contribution in [2.75, 3.05) is 9.80 Å². The quantitative estimate of drug-likeness (QED) is 0.154. The molecule has 0 fully saturated rings. The van der Waals surface area contributed by atoms with Gasteiger partial charge in [0.2, 0.25) is 0 Å². The largest absolute Gasteiger partial charge is 0.310 e. The van der Waals surface area contributed by atoms with E-state index in [0.717, 1.165) is 28.4 Å². The molecule has 2 nitrogen and oxygen atoms in total. The lowest BCUT2D eigenvalue weighted by Crippen LogP contribution is -2.16. The van der Waals surface area contributed by atoms with Crippen LogP contribution >= 0.6 is 0 Å². The maximum Gasteiger partial charge on any atom is 0.0546 e. The van der Waals surface area contributed by atoms with E-state index in [4.69, 9.17) is 0 Å². The summed E-state index contributed by atoms with van der Waals surface area (Å²) in [5, 5.41) is 2.42. The predicted octanol–water partition coefficient (Wildman–Crippen LogP) is 15.4. The smallest absolute Gasteiger partial charge is 0.0546 e. The Hall–Kier alpha value is -7.16. The standard InChI is InChI=1S/C55H42N2/c1-55(2)50-26-15-14-25-48(50)54-51(55)27-16-28-52(54)56(45-31-29-40(30-32-45)39-17-6-3-7-18-39)46-33-35-47(36-34-46)57(44-23-10-5-11-24-44)53-38-43-22-13-12-21-42(43)37-49(53)41-19-8-4-9-20-41/h3-38H,1-2H3. The van der Waals surface area contributed by atoms with Crippen LogP contribution in [0.3, 0.4) is 0 Å². The lowest BCUT2D eigenvalue weighted by molar-refractivity contribution is 0.660. The van der Waals surface area contributed by atoms with Crippen LogP contribution in [0.2, 0.25) is 0 Å². The topological polar surface area (TPSA) is 6.48 Å². The van der Waals surface area contributed by atoms with Gasteiger partial charge in [0.05, 0.1) is 11.4 Å². The third kappa shape index (κ3) is 6.07. The molecule has 10 rings (SSSR count). The molecule has 0 N–H and O–H groups in total. The van der Waals surface area contributed by atoms with Crippen molar-refractivity contribution in [3.05, 3.63) is 230 Å². The summed E-state index contributed by atoms with van der Waals surface area (Å²) in [5.41, 5.74) is 16.7. The van der Waals surface area contributed by atoms with Gasteiger partial charge in [0.15, 0.2) is 0 Å². The zero-order chi connectivity index (χ0) is 38.3. The SMILES string of the molecule is CC1(C)c2ccccc2-c2c(N(c3ccc(-c4ccccc4)cc3)c3ccc(N(c4ccccc4)c4cc5ccccc5cc4-c4ccccc4)cc3)cccc21. The van der Waals surface area contributed by atoms with Crippen molar-refractivity contribution in [2.45, 2.75) is 19.3 Å². The summed E-state index contributed by atoms with van der Waals surface area (Å²) in [5.74, 6) is 0. The van der Waals surface area contributed by atoms with Gasteiger partial charge in [-0.2, -0.15) is 0 Å². The minimum atomic E-state index is -0.110. The predicted molar refractivity (Wildman–Crippen MR) is 242 cm³/mol. The van der Waals surface area contributed by atoms with E-state index >= 15 is 0 Å². The minimum absolute atomic E-state index is 0.110. The lowest BCUT2D eigenvalue weighted by atomic mass is 9.82. The summed E-state index contributed by atoms with van der Waals surface area (Å²) >= 11 is 0. The maximum absolute atomic E-state index is 2.44. The van der Waals surface area contributed by atoms with Crippen molar-refractivity contribution < 1.29 is 0 Å². The summed E-state index contributed by atoms with van der Waals surface area (Å²) in [7, 11) is 0. The number of nitrogens with zero attached hydrogens (tertiary/aromatic N) is 2. The van der Waals surface area contributed by atoms with Crippen LogP contribution in [0.4, 0.5) is 34.1 Å². The fourth-order valence-corrected chi connectivity index (χ4v) is 8.80. The van der Waals surface area contributed by atoms with Gasteiger partial charge in [-0.1, -0.05) is 166 Å². The van der Waals surface area contributed by atoms with Gasteiger partial charge in [-0.05, 0) is 111 Å². The molecule has 0 atom stereocenters. The Kier molecular flexibility index (Phi) is 8.53. The second-order valence-electron chi connectivity index (χ2n) is 15.4. The molecule has 0 spiro atoms. The number of benzene rings is 9. The Morgan fingerprint density at radius 1 is 0.316 bits per heavy atom. The van der Waals surface area contributed by atoms with Gasteiger partial charge in [0, 0.05) is 39.3 Å². The first-order valence-corrected chi connectivity index (χ1v) is 19.8. The molecule has 0 saturated carbocycles. The van der Waals surface area contributed by atoms with Crippen LogP contribution in [0.5, 0.6) is 0 Å². The van der Waals surface area contributed by atoms with Crippen LogP contribution in [0.25, 0.3) is 44.2 Å². The molecule has 9 aromatic rings. The van der Waals surface area contributed by atoms with E-state index in [-0.39, 0.29) is 5.41 Å². The molecule has 272 valence electrons. The molecule has 0 amide bonds. The molecular weight excluding hydrogens is 689 g/mol. The van der Waals surface area contributed by atoms with Gasteiger partial charge in [0.25, 0.3) is 0 Å². The molecule has 0 unspecified atom stereocenters. The van der Waals surface area contributed by atoms with E-state index in [1.54, 1.807) is 0 Å². The molecule has 1 aliphatic carbocycles. The van der Waals surface area contributed by atoms with E-state index in [0.29, 0.717) is 0 Å². The van der Waals surface area contributed by atoms with Gasteiger partial charge in [-0.3, -0.25) is 0 Å². The van der Waals surface area contributed by atoms with Crippen molar-refractivity contribution in [3.8, 4) is 33.4 Å². The highest BCUT2D eigenvalue weighted by Crippen LogP contribution is 2.54. The van der Waals surface area contributed by atoms with Gasteiger partial charge >= 0.3 is 0 Å². The number of anilines is 6. The fraction of sp³-hybridized carbons (Fsp3) is 0.0545. The Bertz CT molecular complexity index is 2840. The van der Waals surface area contributed by atoms with Gasteiger partial charge in [-0.25, -0.2) is 0 Å². The van der Waals surface area contributed by atoms with Crippen molar-refractivity contribution >= 4 is 44.9 Å². The van der Waals surface area contributed by atoms with E-state index in [1.807, 2.05) is 0 Å². The number of fused-ring (bicyclic) bond motifs is 4. The van der Waals surface area contributed by atoms with Gasteiger partial charge in [-0.15, -0.1) is 0 Å². The Morgan fingerprint density at radius 2 is 0.772 bits per heavy atom. The van der Waals surface area contributed by atoms with E-state index in [1.165, 1.54) is 61.0 Å². The summed E-state index contributed by atoms with van der Waals surface area (Å²) in [6.07, 6.45) is 0. The molecule has 0 aliphatic heterocycles. The number of hydrogen-bond donors (Lipinski definition) is 0. The highest BCUT2D eigenvalue weighted by molar-refractivity contribution is 5.99. The van der Waals surface area contributed by atoms with E-state index in [2.05, 4.69) is 242 Å². The fourth-order valence-electron chi connectivity index (χ4n) is 8.80. The maximum atomic E-state index is 2.44. The zero-order valence-electron chi connectivity index (χ0n) is 32.2. The average molecular weight is 731 g/mol. The Balaban J connectivity index is 1.15. The second kappa shape index (κ2) is 14.2. The van der Waals surface area contributed by atoms with Crippen molar-refractivity contribution in [1.29, 1.82) is 0 Å². The molecule has 0 heterocycles. The monoisotopic (exact) mass is 730 g/mol. The van der Waals surface area contributed by atoms with Crippen LogP contribution in [0, 0.1) is 0 Å². The Labute approximate surface area is 335 Å². The van der Waals surface area contributed by atoms with Gasteiger partial charge < -0.3 is 9.80 Å². The number of para-hydroxylation sites is 1. The van der Waals surface area contributed by atoms with Crippen molar-refractivity contribution in [1.82, 2.24) is 0 Å². The highest BCUT2D eigenvalue weighted by Gasteiger charge is 2.37. The molecular formula is C55H42N2. The van der Waals surface area contributed by atoms with Crippen LogP contribution in [-0.2, 0) is 5.41 Å². The summed E-state index contributed by atoms with van der Waals surface area (Å²) in [4.78, 5) is 4.84. The summed E-state index contributed by atoms with van der Waals surface area (Å²) in [6, 6.07) is 79.3. The zero-order valence-corrected chi connectivity index (χ0v) is 32.2. The first-order chi connectivity index (χ1) is 28.0. The van der Waals surface area contributed by atoms with Crippen molar-refractivity contribution in [2.24, 2.45) is 0 Å². The molecule has 0 aromatic heterocycles. The average Bonchev–Trinajstić information content (AvgIpc) is 3.51. The summed E-state index contributed by atoms with van der Waals surface area (Å²) in [6.45, 7) is 4.70. The number of hydrogen-bond acceptors (Lipinski definition) is 2. The van der Waals surface area contributed by atoms with Crippen LogP contribution in [-0.4, -0.2) is 0 Å². The first kappa shape index (κ1) is 34.3. The second-order valence-corrected chi connectivity index (χ2v) is 15.4. The van der Waals surface area contributed by atoms with Crippen LogP contribution in [0.1, 0.15) is 25.0 Å². The molecule has 2 heteroatoms. The summed E-state index contributed by atoms with van der Waals surface area (Å²) < 4.78 is 0.